The molecule has 5 rings (SSSR count). The third-order valence-electron chi connectivity index (χ3n) is 5.91. The molecule has 1 N–H and O–H groups in total. The number of para-hydroxylation sites is 2. The largest absolute Gasteiger partial charge is 0.497 e. The topological polar surface area (TPSA) is 56.1 Å². The van der Waals surface area contributed by atoms with Gasteiger partial charge in [-0.25, -0.2) is 4.98 Å². The molecule has 0 bridgehead atoms. The van der Waals surface area contributed by atoms with Crippen molar-refractivity contribution >= 4 is 27.7 Å². The quantitative estimate of drug-likeness (QED) is 0.381. The van der Waals surface area contributed by atoms with Gasteiger partial charge in [0, 0.05) is 25.1 Å². The second-order valence-corrected chi connectivity index (χ2v) is 7.98. The number of carbonyl (C=O) groups is 1. The first-order valence-electron chi connectivity index (χ1n) is 11.1. The summed E-state index contributed by atoms with van der Waals surface area (Å²) < 4.78 is 7.48. The molecular formula is C28H25N3O2. The highest BCUT2D eigenvalue weighted by molar-refractivity contribution is 5.94. The van der Waals surface area contributed by atoms with Crippen molar-refractivity contribution in [3.63, 3.8) is 0 Å². The Balaban J connectivity index is 1.39. The lowest BCUT2D eigenvalue weighted by Gasteiger charge is -2.12. The summed E-state index contributed by atoms with van der Waals surface area (Å²) in [4.78, 5) is 17.5. The van der Waals surface area contributed by atoms with Crippen LogP contribution in [0.3, 0.4) is 0 Å². The molecule has 0 saturated carbocycles. The van der Waals surface area contributed by atoms with Crippen LogP contribution < -0.4 is 10.1 Å². The zero-order valence-corrected chi connectivity index (χ0v) is 18.5. The minimum atomic E-state index is -0.120. The number of amides is 1. The zero-order valence-electron chi connectivity index (χ0n) is 18.5. The predicted molar refractivity (Wildman–Crippen MR) is 132 cm³/mol. The number of rotatable bonds is 7. The Hall–Kier alpha value is -4.12. The second kappa shape index (κ2) is 9.17. The Kier molecular flexibility index (Phi) is 5.77. The van der Waals surface area contributed by atoms with Gasteiger partial charge in [0.2, 0.25) is 0 Å². The second-order valence-electron chi connectivity index (χ2n) is 7.98. The first-order chi connectivity index (χ1) is 16.2. The summed E-state index contributed by atoms with van der Waals surface area (Å²) in [7, 11) is 1.59. The van der Waals surface area contributed by atoms with E-state index in [4.69, 9.17) is 9.72 Å². The van der Waals surface area contributed by atoms with Gasteiger partial charge in [0.05, 0.1) is 18.1 Å². The molecule has 0 unspecified atom stereocenters. The molecule has 0 saturated heterocycles. The number of nitrogens with zero attached hydrogens (tertiary/aromatic N) is 2. The smallest absolute Gasteiger partial charge is 0.251 e. The zero-order chi connectivity index (χ0) is 22.6. The monoisotopic (exact) mass is 435 g/mol. The summed E-state index contributed by atoms with van der Waals surface area (Å²) >= 11 is 0. The molecule has 0 aliphatic carbocycles. The van der Waals surface area contributed by atoms with E-state index in [-0.39, 0.29) is 5.91 Å². The van der Waals surface area contributed by atoms with Crippen LogP contribution in [0.25, 0.3) is 21.8 Å². The van der Waals surface area contributed by atoms with Crippen molar-refractivity contribution in [1.29, 1.82) is 0 Å². The van der Waals surface area contributed by atoms with Gasteiger partial charge in [-0.1, -0.05) is 60.7 Å². The Bertz CT molecular complexity index is 1430. The fourth-order valence-electron chi connectivity index (χ4n) is 4.25. The molecule has 4 aromatic carbocycles. The minimum Gasteiger partial charge on any atom is -0.497 e. The van der Waals surface area contributed by atoms with E-state index in [1.54, 1.807) is 19.2 Å². The van der Waals surface area contributed by atoms with Crippen molar-refractivity contribution in [1.82, 2.24) is 14.9 Å². The first kappa shape index (κ1) is 20.8. The van der Waals surface area contributed by atoms with E-state index in [1.165, 1.54) is 16.3 Å². The number of fused-ring (bicyclic) bond motifs is 2. The van der Waals surface area contributed by atoms with Crippen LogP contribution in [0.15, 0.2) is 91.0 Å². The van der Waals surface area contributed by atoms with Crippen molar-refractivity contribution < 1.29 is 9.53 Å². The molecule has 5 heteroatoms. The molecule has 1 aromatic heterocycles. The number of carbonyl (C=O) groups excluding carboxylic acids is 1. The van der Waals surface area contributed by atoms with Gasteiger partial charge in [-0.05, 0) is 46.7 Å². The summed E-state index contributed by atoms with van der Waals surface area (Å²) in [5.74, 6) is 1.50. The molecule has 0 spiro atoms. The van der Waals surface area contributed by atoms with Crippen LogP contribution in [0, 0.1) is 0 Å². The Morgan fingerprint density at radius 2 is 1.73 bits per heavy atom. The van der Waals surface area contributed by atoms with E-state index in [0.29, 0.717) is 24.3 Å². The lowest BCUT2D eigenvalue weighted by atomic mass is 10.0. The minimum absolute atomic E-state index is 0.120. The van der Waals surface area contributed by atoms with E-state index < -0.39 is 0 Å². The summed E-state index contributed by atoms with van der Waals surface area (Å²) in [5, 5.41) is 5.49. The average Bonchev–Trinajstić information content (AvgIpc) is 3.21. The normalized spacial score (nSPS) is 11.1. The molecule has 0 fully saturated rings. The number of ether oxygens (including phenoxy) is 1. The Morgan fingerprint density at radius 1 is 0.939 bits per heavy atom. The number of hydrogen-bond donors (Lipinski definition) is 1. The van der Waals surface area contributed by atoms with Gasteiger partial charge in [0.1, 0.15) is 11.6 Å². The third kappa shape index (κ3) is 4.30. The summed E-state index contributed by atoms with van der Waals surface area (Å²) in [6.45, 7) is 1.22. The van der Waals surface area contributed by atoms with Crippen molar-refractivity contribution in [2.24, 2.45) is 0 Å². The molecule has 0 atom stereocenters. The van der Waals surface area contributed by atoms with Crippen LogP contribution >= 0.6 is 0 Å². The molecular weight excluding hydrogens is 410 g/mol. The first-order valence-corrected chi connectivity index (χ1v) is 11.1. The lowest BCUT2D eigenvalue weighted by Crippen LogP contribution is -2.26. The number of aromatic nitrogens is 2. The molecule has 0 radical (unpaired) electrons. The molecule has 33 heavy (non-hydrogen) atoms. The number of imidazole rings is 1. The van der Waals surface area contributed by atoms with Crippen molar-refractivity contribution in [3.05, 3.63) is 108 Å². The molecule has 0 aliphatic heterocycles. The van der Waals surface area contributed by atoms with Crippen molar-refractivity contribution in [3.8, 4) is 5.75 Å². The molecule has 0 aliphatic rings. The lowest BCUT2D eigenvalue weighted by molar-refractivity contribution is 0.0953. The van der Waals surface area contributed by atoms with Gasteiger partial charge in [0.15, 0.2) is 0 Å². The van der Waals surface area contributed by atoms with Crippen molar-refractivity contribution in [2.75, 3.05) is 13.7 Å². The Labute approximate surface area is 192 Å². The van der Waals surface area contributed by atoms with E-state index >= 15 is 0 Å². The third-order valence-corrected chi connectivity index (χ3v) is 5.91. The fourth-order valence-corrected chi connectivity index (χ4v) is 4.25. The molecule has 1 heterocycles. The van der Waals surface area contributed by atoms with Crippen molar-refractivity contribution in [2.45, 2.75) is 13.0 Å². The summed E-state index contributed by atoms with van der Waals surface area (Å²) in [6.07, 6.45) is 0.634. The highest BCUT2D eigenvalue weighted by Crippen LogP contribution is 2.23. The van der Waals surface area contributed by atoms with Crippen LogP contribution in [0.4, 0.5) is 0 Å². The summed E-state index contributed by atoms with van der Waals surface area (Å²) in [6, 6.07) is 30.2. The molecule has 1 amide bonds. The maximum atomic E-state index is 12.6. The fraction of sp³-hybridized carbons (Fsp3) is 0.143. The highest BCUT2D eigenvalue weighted by atomic mass is 16.5. The van der Waals surface area contributed by atoms with Crippen LogP contribution in [-0.2, 0) is 13.0 Å². The SMILES string of the molecule is COc1cccc(C(=O)NCCc2nc3ccccc3n2Cc2cccc3ccccc23)c1. The van der Waals surface area contributed by atoms with Gasteiger partial charge in [0.25, 0.3) is 5.91 Å². The predicted octanol–water partition coefficient (Wildman–Crippen LogP) is 5.22. The number of methoxy groups -OCH3 is 1. The molecule has 164 valence electrons. The van der Waals surface area contributed by atoms with E-state index in [0.717, 1.165) is 23.4 Å². The van der Waals surface area contributed by atoms with Gasteiger partial charge in [-0.3, -0.25) is 4.79 Å². The van der Waals surface area contributed by atoms with Crippen LogP contribution in [-0.4, -0.2) is 29.1 Å². The Morgan fingerprint density at radius 3 is 2.64 bits per heavy atom. The van der Waals surface area contributed by atoms with Gasteiger partial charge < -0.3 is 14.6 Å². The van der Waals surface area contributed by atoms with Gasteiger partial charge >= 0.3 is 0 Å². The van der Waals surface area contributed by atoms with Gasteiger partial charge in [-0.2, -0.15) is 0 Å². The maximum absolute atomic E-state index is 12.6. The number of hydrogen-bond acceptors (Lipinski definition) is 3. The van der Waals surface area contributed by atoms with Crippen LogP contribution in [0.5, 0.6) is 5.75 Å². The van der Waals surface area contributed by atoms with Crippen LogP contribution in [0.2, 0.25) is 0 Å². The van der Waals surface area contributed by atoms with Gasteiger partial charge in [-0.15, -0.1) is 0 Å². The molecule has 5 nitrogen and oxygen atoms in total. The average molecular weight is 436 g/mol. The van der Waals surface area contributed by atoms with E-state index in [1.807, 2.05) is 30.3 Å². The number of nitrogens with one attached hydrogen (secondary N) is 1. The molecule has 5 aromatic rings. The maximum Gasteiger partial charge on any atom is 0.251 e. The highest BCUT2D eigenvalue weighted by Gasteiger charge is 2.13. The standard InChI is InChI=1S/C28H25N3O2/c1-33-23-12-7-10-21(18-23)28(32)29-17-16-27-30-25-14-4-5-15-26(25)31(27)19-22-11-6-9-20-8-2-3-13-24(20)22/h2-15,18H,16-17,19H2,1H3,(H,29,32). The van der Waals surface area contributed by atoms with E-state index in [9.17, 15) is 4.79 Å². The van der Waals surface area contributed by atoms with Crippen LogP contribution in [0.1, 0.15) is 21.7 Å². The number of benzene rings is 4. The van der Waals surface area contributed by atoms with E-state index in [2.05, 4.69) is 58.4 Å². The summed E-state index contributed by atoms with van der Waals surface area (Å²) in [5.41, 5.74) is 3.89.